The zero-order chi connectivity index (χ0) is 26.9. The highest BCUT2D eigenvalue weighted by molar-refractivity contribution is 5.93. The predicted molar refractivity (Wildman–Crippen MR) is 120 cm³/mol. The third-order valence-corrected chi connectivity index (χ3v) is 6.35. The molecule has 37 heavy (non-hydrogen) atoms. The summed E-state index contributed by atoms with van der Waals surface area (Å²) in [5.74, 6) is -7.64. The summed E-state index contributed by atoms with van der Waals surface area (Å²) in [4.78, 5) is 18.2. The van der Waals surface area contributed by atoms with E-state index in [4.69, 9.17) is 0 Å². The van der Waals surface area contributed by atoms with Crippen molar-refractivity contribution in [1.82, 2.24) is 14.5 Å². The van der Waals surface area contributed by atoms with Gasteiger partial charge in [-0.15, -0.1) is 0 Å². The van der Waals surface area contributed by atoms with Gasteiger partial charge in [0.1, 0.15) is 11.6 Å². The highest BCUT2D eigenvalue weighted by Crippen LogP contribution is 2.40. The van der Waals surface area contributed by atoms with E-state index in [-0.39, 0.29) is 36.6 Å². The number of amides is 1. The van der Waals surface area contributed by atoms with Gasteiger partial charge in [-0.2, -0.15) is 4.73 Å². The molecule has 3 aromatic rings. The molecule has 4 rings (SSSR count). The summed E-state index contributed by atoms with van der Waals surface area (Å²) in [5, 5.41) is 13.7. The van der Waals surface area contributed by atoms with Crippen molar-refractivity contribution in [3.05, 3.63) is 82.7 Å². The van der Waals surface area contributed by atoms with Crippen molar-refractivity contribution in [2.45, 2.75) is 44.2 Å². The fourth-order valence-corrected chi connectivity index (χ4v) is 4.37. The topological polar surface area (TPSA) is 77.1 Å². The van der Waals surface area contributed by atoms with Crippen LogP contribution in [0, 0.1) is 16.8 Å². The van der Waals surface area contributed by atoms with E-state index in [9.17, 15) is 36.3 Å². The maximum Gasteiger partial charge on any atom is 0.295 e. The molecule has 1 fully saturated rings. The molecule has 1 aliphatic rings. The molecule has 0 saturated carbocycles. The number of pyridine rings is 1. The second-order valence-electron chi connectivity index (χ2n) is 8.91. The monoisotopic (exact) mass is 527 g/mol. The molecule has 0 bridgehead atoms. The van der Waals surface area contributed by atoms with Gasteiger partial charge in [-0.3, -0.25) is 9.69 Å². The van der Waals surface area contributed by atoms with Gasteiger partial charge in [0, 0.05) is 50.5 Å². The van der Waals surface area contributed by atoms with Crippen LogP contribution in [-0.4, -0.2) is 45.4 Å². The Labute approximate surface area is 207 Å². The lowest BCUT2D eigenvalue weighted by Crippen LogP contribution is -2.52. The fourth-order valence-electron chi connectivity index (χ4n) is 4.37. The zero-order valence-corrected chi connectivity index (χ0v) is 19.6. The molecule has 2 aromatic heterocycles. The summed E-state index contributed by atoms with van der Waals surface area (Å²) >= 11 is 0. The van der Waals surface area contributed by atoms with Crippen LogP contribution in [0.2, 0.25) is 0 Å². The molecule has 0 spiro atoms. The van der Waals surface area contributed by atoms with E-state index in [1.165, 1.54) is 24.0 Å². The molecule has 1 unspecified atom stereocenters. The first-order chi connectivity index (χ1) is 17.4. The van der Waals surface area contributed by atoms with E-state index in [0.717, 1.165) is 35.3 Å². The molecule has 7 nitrogen and oxygen atoms in total. The highest BCUT2D eigenvalue weighted by Gasteiger charge is 2.46. The Balaban J connectivity index is 1.48. The van der Waals surface area contributed by atoms with Crippen LogP contribution in [-0.2, 0) is 11.3 Å². The molecule has 1 amide bonds. The van der Waals surface area contributed by atoms with Crippen molar-refractivity contribution in [3.8, 4) is 0 Å². The Hall–Kier alpha value is -3.61. The van der Waals surface area contributed by atoms with E-state index in [1.54, 1.807) is 0 Å². The maximum absolute atomic E-state index is 14.6. The molecule has 0 aliphatic carbocycles. The number of hydrogen-bond acceptors (Lipinski definition) is 4. The first kappa shape index (κ1) is 26.5. The van der Waals surface area contributed by atoms with Crippen LogP contribution >= 0.6 is 0 Å². The summed E-state index contributed by atoms with van der Waals surface area (Å²) in [6.07, 6.45) is -0.198. The van der Waals surface area contributed by atoms with E-state index in [0.29, 0.717) is 10.8 Å². The lowest BCUT2D eigenvalue weighted by atomic mass is 9.87. The van der Waals surface area contributed by atoms with Crippen molar-refractivity contribution in [2.24, 2.45) is 0 Å². The van der Waals surface area contributed by atoms with Crippen molar-refractivity contribution < 1.29 is 35.9 Å². The van der Waals surface area contributed by atoms with Crippen LogP contribution in [0.3, 0.4) is 0 Å². The minimum atomic E-state index is -3.05. The fraction of sp³-hybridized carbons (Fsp3) is 0.375. The minimum Gasteiger partial charge on any atom is -0.619 e. The number of piperidine rings is 1. The molecule has 1 N–H and O–H groups in total. The third kappa shape index (κ3) is 6.04. The number of hydrogen-bond donors (Lipinski definition) is 1. The molecule has 1 aromatic carbocycles. The minimum absolute atomic E-state index is 0.0757. The summed E-state index contributed by atoms with van der Waals surface area (Å²) in [6.45, 7) is 0.906. The standard InChI is InChI=1S/C24H23F6N5O2/c1-14(33-7-4-24(29,30)19(12-33)16-2-5-35(37)6-3-16)23(36)32-20-13-34(22(31-20)21(27)28)11-15-8-17(25)10-18(26)9-15/h2-3,5-6,8-10,13-14,19,21H,4,7,11-12H2,1H3,(H,32,36)/t14?,19-/m1/s1. The Morgan fingerprint density at radius 1 is 1.22 bits per heavy atom. The summed E-state index contributed by atoms with van der Waals surface area (Å²) in [7, 11) is 0. The molecular formula is C24H23F6N5O2. The van der Waals surface area contributed by atoms with Gasteiger partial charge in [0.05, 0.1) is 12.0 Å². The van der Waals surface area contributed by atoms with Crippen LogP contribution < -0.4 is 10.0 Å². The lowest BCUT2D eigenvalue weighted by molar-refractivity contribution is -0.605. The quantitative estimate of drug-likeness (QED) is 0.284. The number of benzene rings is 1. The van der Waals surface area contributed by atoms with Gasteiger partial charge in [0.15, 0.2) is 24.0 Å². The first-order valence-corrected chi connectivity index (χ1v) is 11.3. The third-order valence-electron chi connectivity index (χ3n) is 6.35. The highest BCUT2D eigenvalue weighted by atomic mass is 19.3. The van der Waals surface area contributed by atoms with Crippen molar-refractivity contribution in [2.75, 3.05) is 18.4 Å². The van der Waals surface area contributed by atoms with Crippen LogP contribution in [0.1, 0.15) is 42.6 Å². The normalized spacial score (nSPS) is 18.6. The molecule has 0 radical (unpaired) electrons. The Morgan fingerprint density at radius 3 is 2.49 bits per heavy atom. The SMILES string of the molecule is CC(C(=O)Nc1cn(Cc2cc(F)cc(F)c2)c(C(F)F)n1)N1CCC(F)(F)[C@@H](c2cc[n+]([O-])cc2)C1. The van der Waals surface area contributed by atoms with Crippen LogP contribution in [0.15, 0.2) is 48.9 Å². The van der Waals surface area contributed by atoms with Gasteiger partial charge in [-0.1, -0.05) is 0 Å². The number of nitrogens with zero attached hydrogens (tertiary/aromatic N) is 4. The zero-order valence-electron chi connectivity index (χ0n) is 19.6. The Bertz CT molecular complexity index is 1250. The number of anilines is 1. The second-order valence-corrected chi connectivity index (χ2v) is 8.91. The van der Waals surface area contributed by atoms with E-state index >= 15 is 0 Å². The van der Waals surface area contributed by atoms with Gasteiger partial charge in [0.25, 0.3) is 12.3 Å². The summed E-state index contributed by atoms with van der Waals surface area (Å²) < 4.78 is 84.8. The van der Waals surface area contributed by atoms with Crippen molar-refractivity contribution >= 4 is 11.7 Å². The van der Waals surface area contributed by atoms with Crippen LogP contribution in [0.4, 0.5) is 32.2 Å². The van der Waals surface area contributed by atoms with E-state index in [2.05, 4.69) is 10.3 Å². The van der Waals surface area contributed by atoms with E-state index < -0.39 is 54.1 Å². The average Bonchev–Trinajstić information content (AvgIpc) is 3.20. The molecule has 13 heteroatoms. The average molecular weight is 527 g/mol. The second kappa shape index (κ2) is 10.4. The van der Waals surface area contributed by atoms with Gasteiger partial charge in [-0.25, -0.2) is 31.3 Å². The summed E-state index contributed by atoms with van der Waals surface area (Å²) in [6, 6.07) is 4.34. The number of alkyl halides is 4. The van der Waals surface area contributed by atoms with E-state index in [1.807, 2.05) is 0 Å². The number of carbonyl (C=O) groups is 1. The van der Waals surface area contributed by atoms with Gasteiger partial charge in [-0.05, 0) is 30.2 Å². The molecule has 1 aliphatic heterocycles. The van der Waals surface area contributed by atoms with Crippen LogP contribution in [0.5, 0.6) is 0 Å². The lowest BCUT2D eigenvalue weighted by Gasteiger charge is -2.40. The predicted octanol–water partition coefficient (Wildman–Crippen LogP) is 4.23. The molecule has 198 valence electrons. The van der Waals surface area contributed by atoms with Crippen molar-refractivity contribution in [3.63, 3.8) is 0 Å². The van der Waals surface area contributed by atoms with Crippen molar-refractivity contribution in [1.29, 1.82) is 0 Å². The maximum atomic E-state index is 14.6. The molecule has 3 heterocycles. The number of rotatable bonds is 7. The number of halogens is 6. The van der Waals surface area contributed by atoms with Crippen LogP contribution in [0.25, 0.3) is 0 Å². The number of likely N-dealkylation sites (tertiary alicyclic amines) is 1. The largest absolute Gasteiger partial charge is 0.619 e. The van der Waals surface area contributed by atoms with Gasteiger partial charge in [0.2, 0.25) is 5.91 Å². The summed E-state index contributed by atoms with van der Waals surface area (Å²) in [5.41, 5.74) is 0.329. The number of carbonyl (C=O) groups excluding carboxylic acids is 1. The number of aromatic nitrogens is 3. The Kier molecular flexibility index (Phi) is 7.44. The number of imidazole rings is 1. The molecular weight excluding hydrogens is 504 g/mol. The number of nitrogens with one attached hydrogen (secondary N) is 1. The molecule has 2 atom stereocenters. The molecule has 1 saturated heterocycles. The van der Waals surface area contributed by atoms with Gasteiger partial charge < -0.3 is 15.1 Å². The smallest absolute Gasteiger partial charge is 0.295 e. The van der Waals surface area contributed by atoms with Gasteiger partial charge >= 0.3 is 0 Å². The Morgan fingerprint density at radius 2 is 1.86 bits per heavy atom. The first-order valence-electron chi connectivity index (χ1n) is 11.3.